The molecule has 3 aliphatic rings. The summed E-state index contributed by atoms with van der Waals surface area (Å²) in [6, 6.07) is 8.73. The molecule has 0 aromatic heterocycles. The zero-order chi connectivity index (χ0) is 29.6. The maximum Gasteiger partial charge on any atom is 0.416 e. The lowest BCUT2D eigenvalue weighted by Crippen LogP contribution is -2.51. The van der Waals surface area contributed by atoms with Crippen molar-refractivity contribution in [3.8, 4) is 0 Å². The number of halogens is 6. The van der Waals surface area contributed by atoms with Gasteiger partial charge in [-0.2, -0.15) is 26.3 Å². The van der Waals surface area contributed by atoms with Crippen molar-refractivity contribution in [1.82, 2.24) is 0 Å². The lowest BCUT2D eigenvalue weighted by atomic mass is 9.91. The lowest BCUT2D eigenvalue weighted by Gasteiger charge is -2.27. The fraction of sp³-hybridized carbons (Fsp3) is 0.407. The molecule has 0 spiro atoms. The molecule has 2 saturated carbocycles. The van der Waals surface area contributed by atoms with Gasteiger partial charge in [0.1, 0.15) is 18.8 Å². The van der Waals surface area contributed by atoms with Crippen LogP contribution in [0.1, 0.15) is 28.7 Å². The van der Waals surface area contributed by atoms with E-state index in [9.17, 15) is 35.9 Å². The molecule has 1 aliphatic heterocycles. The number of nitrogens with two attached hydrogens (primary N) is 1. The molecule has 41 heavy (non-hydrogen) atoms. The number of alkyl halides is 6. The summed E-state index contributed by atoms with van der Waals surface area (Å²) in [5.74, 6) is -3.55. The number of amidine groups is 1. The molecule has 2 aliphatic carbocycles. The van der Waals surface area contributed by atoms with Gasteiger partial charge in [-0.3, -0.25) is 14.6 Å². The molecule has 0 saturated heterocycles. The molecule has 0 bridgehead atoms. The van der Waals surface area contributed by atoms with Crippen molar-refractivity contribution in [2.75, 3.05) is 6.54 Å². The average Bonchev–Trinajstić information content (AvgIpc) is 3.34. The largest absolute Gasteiger partial charge is 0.461 e. The van der Waals surface area contributed by atoms with Crippen molar-refractivity contribution in [2.24, 2.45) is 33.5 Å². The molecule has 2 aromatic carbocycles. The fourth-order valence-corrected chi connectivity index (χ4v) is 6.81. The summed E-state index contributed by atoms with van der Waals surface area (Å²) in [5.41, 5.74) is 3.37. The summed E-state index contributed by atoms with van der Waals surface area (Å²) in [4.78, 5) is 34.7. The zero-order valence-corrected chi connectivity index (χ0v) is 21.9. The van der Waals surface area contributed by atoms with Gasteiger partial charge < -0.3 is 15.2 Å². The fourth-order valence-electron chi connectivity index (χ4n) is 5.40. The molecule has 0 radical (unpaired) electrons. The third-order valence-corrected chi connectivity index (χ3v) is 8.55. The Hall–Kier alpha value is -3.39. The molecule has 2 aromatic rings. The number of hydrogen-bond acceptors (Lipinski definition) is 8. The summed E-state index contributed by atoms with van der Waals surface area (Å²) >= 11 is 1.25. The van der Waals surface area contributed by atoms with E-state index in [0.29, 0.717) is 11.7 Å². The van der Waals surface area contributed by atoms with Crippen LogP contribution in [0.25, 0.3) is 0 Å². The van der Waals surface area contributed by atoms with Gasteiger partial charge in [-0.1, -0.05) is 36.0 Å². The first-order valence-electron chi connectivity index (χ1n) is 12.5. The number of ether oxygens (including phenoxy) is 2. The number of esters is 2. The van der Waals surface area contributed by atoms with E-state index in [1.54, 1.807) is 6.21 Å². The Labute approximate surface area is 234 Å². The second kappa shape index (κ2) is 10.8. The summed E-state index contributed by atoms with van der Waals surface area (Å²) < 4.78 is 89.0. The van der Waals surface area contributed by atoms with Gasteiger partial charge in [0.2, 0.25) is 0 Å². The van der Waals surface area contributed by atoms with E-state index in [2.05, 4.69) is 9.98 Å². The average molecular weight is 600 g/mol. The van der Waals surface area contributed by atoms with E-state index < -0.39 is 71.9 Å². The normalized spacial score (nSPS) is 26.9. The summed E-state index contributed by atoms with van der Waals surface area (Å²) in [6.07, 6.45) is -7.43. The number of aliphatic imine (C=N–C) groups is 2. The van der Waals surface area contributed by atoms with Gasteiger partial charge in [-0.25, -0.2) is 4.99 Å². The molecule has 2 fully saturated rings. The van der Waals surface area contributed by atoms with Crippen LogP contribution in [0.4, 0.5) is 26.3 Å². The number of benzene rings is 2. The maximum absolute atomic E-state index is 13.2. The van der Waals surface area contributed by atoms with E-state index in [0.717, 1.165) is 24.3 Å². The van der Waals surface area contributed by atoms with E-state index in [1.165, 1.54) is 36.0 Å². The Morgan fingerprint density at radius 3 is 2.07 bits per heavy atom. The number of thioether (sulfide) groups is 1. The Morgan fingerprint density at radius 2 is 1.54 bits per heavy atom. The van der Waals surface area contributed by atoms with Crippen molar-refractivity contribution in [3.63, 3.8) is 0 Å². The van der Waals surface area contributed by atoms with Crippen molar-refractivity contribution in [2.45, 2.75) is 42.8 Å². The SMILES string of the molecule is N[C@@]1(C(=O)OCc2cccc(C(F)(F)F)c2)C[C@H](SC2=NCC=N2)[C@H]2[C@H](C(=O)OCc3cccc(C(F)(F)F)c3)[C@H]21. The van der Waals surface area contributed by atoms with E-state index in [4.69, 9.17) is 15.2 Å². The first-order valence-corrected chi connectivity index (χ1v) is 13.3. The van der Waals surface area contributed by atoms with Gasteiger partial charge in [-0.05, 0) is 47.7 Å². The van der Waals surface area contributed by atoms with Crippen molar-refractivity contribution in [1.29, 1.82) is 0 Å². The highest BCUT2D eigenvalue weighted by molar-refractivity contribution is 8.14. The van der Waals surface area contributed by atoms with Gasteiger partial charge in [0.25, 0.3) is 0 Å². The number of fused-ring (bicyclic) bond motifs is 1. The van der Waals surface area contributed by atoms with Gasteiger partial charge in [0.05, 0.1) is 23.6 Å². The van der Waals surface area contributed by atoms with E-state index in [-0.39, 0.29) is 22.8 Å². The van der Waals surface area contributed by atoms with Crippen LogP contribution >= 0.6 is 11.8 Å². The van der Waals surface area contributed by atoms with E-state index >= 15 is 0 Å². The Morgan fingerprint density at radius 1 is 0.951 bits per heavy atom. The molecule has 5 rings (SSSR count). The van der Waals surface area contributed by atoms with E-state index in [1.807, 2.05) is 0 Å². The third kappa shape index (κ3) is 6.13. The molecule has 1 heterocycles. The molecular formula is C27H23F6N3O4S. The van der Waals surface area contributed by atoms with Crippen LogP contribution in [0, 0.1) is 17.8 Å². The summed E-state index contributed by atoms with van der Waals surface area (Å²) in [5, 5.41) is 0.0875. The minimum Gasteiger partial charge on any atom is -0.461 e. The Kier molecular flexibility index (Phi) is 7.66. The highest BCUT2D eigenvalue weighted by atomic mass is 32.2. The molecular weight excluding hydrogens is 576 g/mol. The summed E-state index contributed by atoms with van der Waals surface area (Å²) in [6.45, 7) is -0.484. The minimum atomic E-state index is -4.57. The molecule has 7 nitrogen and oxygen atoms in total. The van der Waals surface area contributed by atoms with Crippen LogP contribution in [0.15, 0.2) is 58.5 Å². The predicted molar refractivity (Wildman–Crippen MR) is 137 cm³/mol. The highest BCUT2D eigenvalue weighted by Gasteiger charge is 2.74. The van der Waals surface area contributed by atoms with Gasteiger partial charge in [0.15, 0.2) is 5.17 Å². The smallest absolute Gasteiger partial charge is 0.416 e. The van der Waals surface area contributed by atoms with Gasteiger partial charge in [-0.15, -0.1) is 0 Å². The quantitative estimate of drug-likeness (QED) is 0.355. The van der Waals surface area contributed by atoms with Crippen LogP contribution in [0.2, 0.25) is 0 Å². The highest BCUT2D eigenvalue weighted by Crippen LogP contribution is 2.65. The van der Waals surface area contributed by atoms with Crippen molar-refractivity contribution in [3.05, 3.63) is 70.8 Å². The predicted octanol–water partition coefficient (Wildman–Crippen LogP) is 5.02. The minimum absolute atomic E-state index is 0.0976. The second-order valence-corrected chi connectivity index (χ2v) is 11.3. The molecule has 5 atom stereocenters. The van der Waals surface area contributed by atoms with Crippen molar-refractivity contribution >= 4 is 35.1 Å². The Bertz CT molecular complexity index is 1410. The molecule has 0 unspecified atom stereocenters. The Balaban J connectivity index is 1.29. The molecule has 14 heteroatoms. The first kappa shape index (κ1) is 29.1. The topological polar surface area (TPSA) is 103 Å². The van der Waals surface area contributed by atoms with Crippen LogP contribution < -0.4 is 5.73 Å². The van der Waals surface area contributed by atoms with Crippen LogP contribution in [0.3, 0.4) is 0 Å². The van der Waals surface area contributed by atoms with Gasteiger partial charge >= 0.3 is 24.3 Å². The monoisotopic (exact) mass is 599 g/mol. The molecule has 2 N–H and O–H groups in total. The number of rotatable bonds is 7. The number of hydrogen-bond donors (Lipinski definition) is 1. The second-order valence-electron chi connectivity index (χ2n) is 10.0. The standard InChI is InChI=1S/C27H23F6N3O4S/c28-26(29,30)16-5-1-3-14(9-16)12-39-22(37)20-19-18(41-24-35-7-8-36-24)11-25(34,21(19)20)23(38)40-13-15-4-2-6-17(10-15)27(31,32)33/h1-7,9-10,18-21H,8,11-13,34H2/t18-,19-,20-,21-,25-/m0/s1. The lowest BCUT2D eigenvalue weighted by molar-refractivity contribution is -0.153. The maximum atomic E-state index is 13.2. The molecule has 0 amide bonds. The number of carbonyl (C=O) groups excluding carboxylic acids is 2. The number of carbonyl (C=O) groups is 2. The number of nitrogens with zero attached hydrogens (tertiary/aromatic N) is 2. The van der Waals surface area contributed by atoms with Crippen LogP contribution in [-0.2, 0) is 44.6 Å². The first-order chi connectivity index (χ1) is 19.3. The summed E-state index contributed by atoms with van der Waals surface area (Å²) in [7, 11) is 0. The van der Waals surface area contributed by atoms with Crippen LogP contribution in [-0.4, -0.2) is 40.7 Å². The zero-order valence-electron chi connectivity index (χ0n) is 21.1. The third-order valence-electron chi connectivity index (χ3n) is 7.32. The van der Waals surface area contributed by atoms with Gasteiger partial charge in [0, 0.05) is 17.4 Å². The molecule has 218 valence electrons. The van der Waals surface area contributed by atoms with Crippen LogP contribution in [0.5, 0.6) is 0 Å². The van der Waals surface area contributed by atoms with Crippen molar-refractivity contribution < 1.29 is 45.4 Å².